The van der Waals surface area contributed by atoms with Crippen molar-refractivity contribution in [1.82, 2.24) is 0 Å². The van der Waals surface area contributed by atoms with E-state index in [0.717, 1.165) is 18.7 Å². The van der Waals surface area contributed by atoms with Gasteiger partial charge in [0, 0.05) is 19.3 Å². The molecule has 0 unspecified atom stereocenters. The van der Waals surface area contributed by atoms with Gasteiger partial charge in [-0.3, -0.25) is 0 Å². The molecule has 0 aliphatic carbocycles. The topological polar surface area (TPSA) is 37.4 Å². The first-order chi connectivity index (χ1) is 7.04. The first-order valence-electron chi connectivity index (χ1n) is 5.11. The Labute approximate surface area is 90.6 Å². The zero-order chi connectivity index (χ0) is 11.1. The van der Waals surface area contributed by atoms with Crippen LogP contribution in [0, 0.1) is 0 Å². The minimum atomic E-state index is -3.07. The second-order valence-corrected chi connectivity index (χ2v) is 6.14. The molecule has 0 saturated heterocycles. The van der Waals surface area contributed by atoms with E-state index in [1.165, 1.54) is 5.56 Å². The van der Waals surface area contributed by atoms with E-state index in [1.54, 1.807) is 19.1 Å². The van der Waals surface area contributed by atoms with Crippen molar-refractivity contribution in [3.63, 3.8) is 0 Å². The monoisotopic (exact) mass is 225 g/mol. The average Bonchev–Trinajstić information content (AvgIpc) is 2.60. The summed E-state index contributed by atoms with van der Waals surface area (Å²) in [5.74, 6) is 0.162. The summed E-state index contributed by atoms with van der Waals surface area (Å²) in [5.41, 5.74) is 2.30. The highest BCUT2D eigenvalue weighted by molar-refractivity contribution is 7.91. The van der Waals surface area contributed by atoms with Crippen molar-refractivity contribution < 1.29 is 8.42 Å². The number of sulfone groups is 1. The zero-order valence-electron chi connectivity index (χ0n) is 9.03. The molecule has 15 heavy (non-hydrogen) atoms. The molecule has 0 aromatic heterocycles. The zero-order valence-corrected chi connectivity index (χ0v) is 9.84. The lowest BCUT2D eigenvalue weighted by Gasteiger charge is -2.12. The molecule has 4 heteroatoms. The van der Waals surface area contributed by atoms with E-state index in [1.807, 2.05) is 13.1 Å². The Bertz CT molecular complexity index is 479. The van der Waals surface area contributed by atoms with Crippen molar-refractivity contribution in [2.24, 2.45) is 0 Å². The third-order valence-corrected chi connectivity index (χ3v) is 4.66. The van der Waals surface area contributed by atoms with Crippen LogP contribution in [0.25, 0.3) is 0 Å². The van der Waals surface area contributed by atoms with E-state index < -0.39 is 9.84 Å². The number of rotatable bonds is 2. The van der Waals surface area contributed by atoms with Crippen molar-refractivity contribution in [1.29, 1.82) is 0 Å². The first-order valence-corrected chi connectivity index (χ1v) is 6.76. The quantitative estimate of drug-likeness (QED) is 0.765. The molecule has 0 saturated carbocycles. The molecule has 1 aromatic rings. The van der Waals surface area contributed by atoms with Gasteiger partial charge in [0.2, 0.25) is 0 Å². The van der Waals surface area contributed by atoms with Gasteiger partial charge in [0.05, 0.1) is 10.6 Å². The highest BCUT2D eigenvalue weighted by Gasteiger charge is 2.19. The fraction of sp³-hybridized carbons (Fsp3) is 0.455. The lowest BCUT2D eigenvalue weighted by molar-refractivity contribution is 0.597. The second kappa shape index (κ2) is 3.52. The van der Waals surface area contributed by atoms with Crippen molar-refractivity contribution in [3.05, 3.63) is 23.8 Å². The number of likely N-dealkylation sites (N-methyl/N-ethyl adjacent to an activating group) is 1. The summed E-state index contributed by atoms with van der Waals surface area (Å²) in [6.45, 7) is 2.65. The lowest BCUT2D eigenvalue weighted by atomic mass is 10.2. The van der Waals surface area contributed by atoms with Gasteiger partial charge in [0.15, 0.2) is 9.84 Å². The van der Waals surface area contributed by atoms with Gasteiger partial charge in [0.25, 0.3) is 0 Å². The van der Waals surface area contributed by atoms with Crippen molar-refractivity contribution in [2.75, 3.05) is 24.2 Å². The molecule has 0 radical (unpaired) electrons. The summed E-state index contributed by atoms with van der Waals surface area (Å²) in [6, 6.07) is 5.44. The molecule has 1 aromatic carbocycles. The lowest BCUT2D eigenvalue weighted by Crippen LogP contribution is -2.13. The van der Waals surface area contributed by atoms with Gasteiger partial charge < -0.3 is 4.90 Å². The molecule has 0 amide bonds. The van der Waals surface area contributed by atoms with Crippen LogP contribution in [0.15, 0.2) is 23.1 Å². The maximum absolute atomic E-state index is 11.7. The molecule has 0 N–H and O–H groups in total. The van der Waals surface area contributed by atoms with E-state index in [4.69, 9.17) is 0 Å². The largest absolute Gasteiger partial charge is 0.374 e. The molecule has 1 aliphatic rings. The van der Waals surface area contributed by atoms with Crippen molar-refractivity contribution >= 4 is 15.5 Å². The summed E-state index contributed by atoms with van der Waals surface area (Å²) in [7, 11) is -1.08. The van der Waals surface area contributed by atoms with E-state index in [2.05, 4.69) is 4.90 Å². The molecule has 2 rings (SSSR count). The van der Waals surface area contributed by atoms with Crippen LogP contribution in [0.4, 0.5) is 5.69 Å². The molecule has 0 bridgehead atoms. The third-order valence-electron chi connectivity index (χ3n) is 2.92. The second-order valence-electron chi connectivity index (χ2n) is 3.87. The van der Waals surface area contributed by atoms with Gasteiger partial charge in [-0.25, -0.2) is 8.42 Å². The molecular weight excluding hydrogens is 210 g/mol. The van der Waals surface area contributed by atoms with Crippen LogP contribution in [0.2, 0.25) is 0 Å². The van der Waals surface area contributed by atoms with Crippen LogP contribution in [0.1, 0.15) is 12.5 Å². The maximum atomic E-state index is 11.7. The average molecular weight is 225 g/mol. The van der Waals surface area contributed by atoms with Gasteiger partial charge >= 0.3 is 0 Å². The molecular formula is C11H15NO2S. The van der Waals surface area contributed by atoms with Gasteiger partial charge in [-0.2, -0.15) is 0 Å². The number of anilines is 1. The minimum absolute atomic E-state index is 0.162. The molecule has 1 aliphatic heterocycles. The summed E-state index contributed by atoms with van der Waals surface area (Å²) in [4.78, 5) is 2.54. The van der Waals surface area contributed by atoms with Crippen LogP contribution < -0.4 is 4.90 Å². The number of benzene rings is 1. The van der Waals surface area contributed by atoms with E-state index >= 15 is 0 Å². The van der Waals surface area contributed by atoms with Crippen molar-refractivity contribution in [3.8, 4) is 0 Å². The molecule has 0 spiro atoms. The summed E-state index contributed by atoms with van der Waals surface area (Å²) in [5, 5.41) is 0. The van der Waals surface area contributed by atoms with Crippen LogP contribution >= 0.6 is 0 Å². The van der Waals surface area contributed by atoms with Gasteiger partial charge in [-0.1, -0.05) is 13.0 Å². The Morgan fingerprint density at radius 3 is 2.80 bits per heavy atom. The highest BCUT2D eigenvalue weighted by Crippen LogP contribution is 2.29. The van der Waals surface area contributed by atoms with E-state index in [-0.39, 0.29) is 5.75 Å². The Balaban J connectivity index is 2.51. The number of nitrogens with zero attached hydrogens (tertiary/aromatic N) is 1. The maximum Gasteiger partial charge on any atom is 0.178 e. The number of hydrogen-bond acceptors (Lipinski definition) is 3. The normalized spacial score (nSPS) is 15.5. The predicted octanol–water partition coefficient (Wildman–Crippen LogP) is 1.47. The van der Waals surface area contributed by atoms with E-state index in [0.29, 0.717) is 4.90 Å². The van der Waals surface area contributed by atoms with Crippen LogP contribution in [-0.2, 0) is 16.3 Å². The standard InChI is InChI=1S/C11H15NO2S/c1-3-15(13,14)10-5-4-9-6-7-12(2)11(9)8-10/h4-5,8H,3,6-7H2,1-2H3. The molecule has 82 valence electrons. The van der Waals surface area contributed by atoms with Gasteiger partial charge in [-0.15, -0.1) is 0 Å². The summed E-state index contributed by atoms with van der Waals surface area (Å²) in [6.07, 6.45) is 1.01. The smallest absolute Gasteiger partial charge is 0.178 e. The van der Waals surface area contributed by atoms with Gasteiger partial charge in [0.1, 0.15) is 0 Å². The predicted molar refractivity (Wildman–Crippen MR) is 61.1 cm³/mol. The van der Waals surface area contributed by atoms with Crippen LogP contribution in [0.3, 0.4) is 0 Å². The molecule has 0 fully saturated rings. The SMILES string of the molecule is CCS(=O)(=O)c1ccc2c(c1)N(C)CC2. The first kappa shape index (κ1) is 10.5. The van der Waals surface area contributed by atoms with Crippen LogP contribution in [-0.4, -0.2) is 27.8 Å². The summed E-state index contributed by atoms with van der Waals surface area (Å²) >= 11 is 0. The Morgan fingerprint density at radius 1 is 1.40 bits per heavy atom. The molecule has 0 atom stereocenters. The van der Waals surface area contributed by atoms with Crippen molar-refractivity contribution in [2.45, 2.75) is 18.2 Å². The number of fused-ring (bicyclic) bond motifs is 1. The van der Waals surface area contributed by atoms with Crippen LogP contribution in [0.5, 0.6) is 0 Å². The highest BCUT2D eigenvalue weighted by atomic mass is 32.2. The molecule has 3 nitrogen and oxygen atoms in total. The number of hydrogen-bond donors (Lipinski definition) is 0. The van der Waals surface area contributed by atoms with E-state index in [9.17, 15) is 8.42 Å². The molecule has 1 heterocycles. The fourth-order valence-corrected chi connectivity index (χ4v) is 2.78. The van der Waals surface area contributed by atoms with Gasteiger partial charge in [-0.05, 0) is 24.1 Å². The summed E-state index contributed by atoms with van der Waals surface area (Å²) < 4.78 is 23.4. The Morgan fingerprint density at radius 2 is 2.13 bits per heavy atom. The minimum Gasteiger partial charge on any atom is -0.374 e. The Kier molecular flexibility index (Phi) is 2.46. The fourth-order valence-electron chi connectivity index (χ4n) is 1.88. The Hall–Kier alpha value is -1.03. The third kappa shape index (κ3) is 1.74.